The molecule has 10 nitrogen and oxygen atoms in total. The lowest BCUT2D eigenvalue weighted by molar-refractivity contribution is -0.142. The van der Waals surface area contributed by atoms with Crippen molar-refractivity contribution in [1.29, 1.82) is 0 Å². The van der Waals surface area contributed by atoms with E-state index >= 15 is 0 Å². The number of nitrogens with zero attached hydrogens (tertiary/aromatic N) is 3. The smallest absolute Gasteiger partial charge is 0.410 e. The van der Waals surface area contributed by atoms with Gasteiger partial charge in [0, 0.05) is 50.9 Å². The molecule has 4 aliphatic heterocycles. The number of nitrogens with one attached hydrogen (secondary N) is 2. The van der Waals surface area contributed by atoms with Crippen molar-refractivity contribution in [2.45, 2.75) is 84.8 Å². The maximum atomic E-state index is 14.0. The molecule has 6 rings (SSSR count). The number of aromatic hydroxyl groups is 1. The third kappa shape index (κ3) is 8.03. The van der Waals surface area contributed by atoms with Gasteiger partial charge in [0.15, 0.2) is 6.10 Å². The molecule has 0 saturated carbocycles. The van der Waals surface area contributed by atoms with Gasteiger partial charge in [-0.1, -0.05) is 37.8 Å². The first-order valence-corrected chi connectivity index (χ1v) is 17.2. The Hall–Kier alpha value is -3.79. The molecule has 3 saturated heterocycles. The van der Waals surface area contributed by atoms with Crippen LogP contribution in [0.15, 0.2) is 36.4 Å². The summed E-state index contributed by atoms with van der Waals surface area (Å²) in [5.41, 5.74) is 4.32. The Bertz CT molecular complexity index is 1390. The third-order valence-electron chi connectivity index (χ3n) is 10.7. The highest BCUT2D eigenvalue weighted by atomic mass is 16.6. The van der Waals surface area contributed by atoms with Crippen LogP contribution in [0.4, 0.5) is 15.3 Å². The van der Waals surface area contributed by atoms with Crippen molar-refractivity contribution < 1.29 is 24.2 Å². The summed E-state index contributed by atoms with van der Waals surface area (Å²) in [4.78, 5) is 46.1. The number of likely N-dealkylation sites (tertiary alicyclic amines) is 2. The highest BCUT2D eigenvalue weighted by molar-refractivity contribution is 5.91. The Labute approximate surface area is 279 Å². The summed E-state index contributed by atoms with van der Waals surface area (Å²) in [7, 11) is 0. The largest absolute Gasteiger partial charge is 0.507 e. The van der Waals surface area contributed by atoms with E-state index in [4.69, 9.17) is 4.74 Å². The number of aryl methyl sites for hydroxylation is 2. The molecule has 4 aliphatic rings. The zero-order valence-corrected chi connectivity index (χ0v) is 27.3. The van der Waals surface area contributed by atoms with Crippen LogP contribution in [0.1, 0.15) is 68.2 Å². The van der Waals surface area contributed by atoms with E-state index in [-0.39, 0.29) is 37.6 Å². The van der Waals surface area contributed by atoms with Gasteiger partial charge in [0.2, 0.25) is 0 Å². The van der Waals surface area contributed by atoms with Crippen molar-refractivity contribution in [1.82, 2.24) is 20.0 Å². The summed E-state index contributed by atoms with van der Waals surface area (Å²) in [6.45, 7) is 8.74. The average Bonchev–Trinajstić information content (AvgIpc) is 3.25. The topological polar surface area (TPSA) is 114 Å². The molecule has 2 aromatic rings. The van der Waals surface area contributed by atoms with Gasteiger partial charge >= 0.3 is 12.1 Å². The number of hydrogen-bond acceptors (Lipinski definition) is 6. The van der Waals surface area contributed by atoms with Crippen LogP contribution in [0.5, 0.6) is 5.75 Å². The minimum absolute atomic E-state index is 0. The van der Waals surface area contributed by atoms with Crippen molar-refractivity contribution in [2.75, 3.05) is 51.1 Å². The van der Waals surface area contributed by atoms with Crippen LogP contribution in [0.25, 0.3) is 0 Å². The Morgan fingerprint density at radius 1 is 0.894 bits per heavy atom. The number of rotatable bonds is 6. The van der Waals surface area contributed by atoms with Gasteiger partial charge in [0.25, 0.3) is 5.91 Å². The fourth-order valence-electron chi connectivity index (χ4n) is 7.96. The monoisotopic (exact) mass is 647 g/mol. The molecule has 47 heavy (non-hydrogen) atoms. The quantitative estimate of drug-likeness (QED) is 0.383. The molecule has 2 aromatic carbocycles. The maximum absolute atomic E-state index is 14.0. The third-order valence-corrected chi connectivity index (χ3v) is 10.7. The predicted molar refractivity (Wildman–Crippen MR) is 184 cm³/mol. The minimum Gasteiger partial charge on any atom is -0.507 e. The summed E-state index contributed by atoms with van der Waals surface area (Å²) in [6, 6.07) is 11.6. The molecule has 0 aliphatic carbocycles. The number of carbonyl (C=O) groups is 3. The molecule has 3 fully saturated rings. The van der Waals surface area contributed by atoms with E-state index in [1.54, 1.807) is 4.90 Å². The fraction of sp³-hybridized carbons (Fsp3) is 0.595. The van der Waals surface area contributed by atoms with Gasteiger partial charge in [-0.15, -0.1) is 0 Å². The highest BCUT2D eigenvalue weighted by Crippen LogP contribution is 2.32. The number of amides is 4. The molecule has 4 heterocycles. The molecule has 256 valence electrons. The number of para-hydroxylation sites is 1. The van der Waals surface area contributed by atoms with Crippen LogP contribution in [0.2, 0.25) is 0 Å². The molecule has 0 unspecified atom stereocenters. The van der Waals surface area contributed by atoms with E-state index in [0.29, 0.717) is 57.4 Å². The molecule has 1 atom stereocenters. The summed E-state index contributed by atoms with van der Waals surface area (Å²) in [5, 5.41) is 16.8. The van der Waals surface area contributed by atoms with Crippen molar-refractivity contribution in [3.8, 4) is 5.75 Å². The maximum Gasteiger partial charge on any atom is 0.410 e. The van der Waals surface area contributed by atoms with E-state index < -0.39 is 12.2 Å². The second-order valence-electron chi connectivity index (χ2n) is 13.7. The second-order valence-corrected chi connectivity index (χ2v) is 13.7. The van der Waals surface area contributed by atoms with Crippen molar-refractivity contribution in [2.24, 2.45) is 11.8 Å². The SMILES string of the molecule is C.Cc1cc(C[C@@H](OC(=O)N2CCC(N3CCc4ccccc4NC3=O)CC2)C(=O)N2CCC(C3CCNCC3)CC2)cc(C)c1O. The molecular formula is C37H53N5O5. The Morgan fingerprint density at radius 2 is 1.51 bits per heavy atom. The number of hydrogen-bond donors (Lipinski definition) is 3. The van der Waals surface area contributed by atoms with E-state index in [1.165, 1.54) is 12.8 Å². The molecule has 10 heteroatoms. The number of anilines is 1. The number of benzene rings is 2. The van der Waals surface area contributed by atoms with E-state index in [2.05, 4.69) is 10.6 Å². The number of piperidine rings is 3. The van der Waals surface area contributed by atoms with E-state index in [9.17, 15) is 19.5 Å². The lowest BCUT2D eigenvalue weighted by Gasteiger charge is -2.39. The Kier molecular flexibility index (Phi) is 11.3. The number of urea groups is 1. The van der Waals surface area contributed by atoms with E-state index in [1.807, 2.05) is 60.0 Å². The summed E-state index contributed by atoms with van der Waals surface area (Å²) in [5.74, 6) is 1.45. The Morgan fingerprint density at radius 3 is 2.19 bits per heavy atom. The van der Waals surface area contributed by atoms with Crippen LogP contribution in [-0.4, -0.2) is 95.8 Å². The first kappa shape index (κ1) is 34.5. The standard InChI is InChI=1S/C36H49N5O5.CH4/c1-24-21-26(22-25(2)33(24)42)23-32(34(43)39-16-9-28(10-17-39)27-7-14-37-15-8-27)46-36(45)40-18-12-30(13-19-40)41-20-11-29-5-3-4-6-31(29)38-35(41)44;/h3-6,21-22,27-28,30,32,37,42H,7-20,23H2,1-2H3,(H,38,44);1H4/t32-;/m1./s1. The number of ether oxygens (including phenoxy) is 1. The van der Waals surface area contributed by atoms with Gasteiger partial charge in [-0.2, -0.15) is 0 Å². The zero-order chi connectivity index (χ0) is 32.2. The van der Waals surface area contributed by atoms with Crippen molar-refractivity contribution in [3.63, 3.8) is 0 Å². The molecule has 4 amide bonds. The van der Waals surface area contributed by atoms with Gasteiger partial charge in [0.1, 0.15) is 5.75 Å². The summed E-state index contributed by atoms with van der Waals surface area (Å²) >= 11 is 0. The molecule has 0 aromatic heterocycles. The van der Waals surface area contributed by atoms with Crippen molar-refractivity contribution >= 4 is 23.7 Å². The Balaban J connectivity index is 0.00000433. The van der Waals surface area contributed by atoms with Gasteiger partial charge in [-0.25, -0.2) is 9.59 Å². The molecule has 3 N–H and O–H groups in total. The zero-order valence-electron chi connectivity index (χ0n) is 27.3. The molecule has 0 bridgehead atoms. The van der Waals surface area contributed by atoms with Crippen LogP contribution in [0, 0.1) is 25.7 Å². The van der Waals surface area contributed by atoms with Gasteiger partial charge in [0.05, 0.1) is 0 Å². The number of phenolic OH excluding ortho intramolecular Hbond substituents is 1. The van der Waals surface area contributed by atoms with Crippen LogP contribution < -0.4 is 10.6 Å². The highest BCUT2D eigenvalue weighted by Gasteiger charge is 2.36. The number of fused-ring (bicyclic) bond motifs is 1. The lowest BCUT2D eigenvalue weighted by Crippen LogP contribution is -2.52. The van der Waals surface area contributed by atoms with E-state index in [0.717, 1.165) is 60.3 Å². The molecular weight excluding hydrogens is 594 g/mol. The predicted octanol–water partition coefficient (Wildman–Crippen LogP) is 5.49. The lowest BCUT2D eigenvalue weighted by atomic mass is 9.79. The first-order valence-electron chi connectivity index (χ1n) is 17.2. The fourth-order valence-corrected chi connectivity index (χ4v) is 7.96. The van der Waals surface area contributed by atoms with Crippen LogP contribution in [0.3, 0.4) is 0 Å². The van der Waals surface area contributed by atoms with Gasteiger partial charge in [-0.3, -0.25) is 4.79 Å². The average molecular weight is 648 g/mol. The minimum atomic E-state index is -0.945. The van der Waals surface area contributed by atoms with Gasteiger partial charge < -0.3 is 35.2 Å². The normalized spacial score (nSPS) is 20.5. The number of phenols is 1. The second kappa shape index (κ2) is 15.4. The molecule has 0 spiro atoms. The number of carbonyl (C=O) groups excluding carboxylic acids is 3. The summed E-state index contributed by atoms with van der Waals surface area (Å²) < 4.78 is 6.06. The molecule has 0 radical (unpaired) electrons. The van der Waals surface area contributed by atoms with Gasteiger partial charge in [-0.05, 0) is 112 Å². The van der Waals surface area contributed by atoms with Crippen LogP contribution in [-0.2, 0) is 22.4 Å². The van der Waals surface area contributed by atoms with Crippen LogP contribution >= 0.6 is 0 Å². The first-order chi connectivity index (χ1) is 22.3. The van der Waals surface area contributed by atoms with Crippen molar-refractivity contribution in [3.05, 3.63) is 58.7 Å². The summed E-state index contributed by atoms with van der Waals surface area (Å²) in [6.07, 6.45) is 5.28.